The van der Waals surface area contributed by atoms with Gasteiger partial charge in [0, 0.05) is 34.1 Å². The van der Waals surface area contributed by atoms with Crippen LogP contribution in [0, 0.1) is 0 Å². The summed E-state index contributed by atoms with van der Waals surface area (Å²) in [6.45, 7) is 3.09. The van der Waals surface area contributed by atoms with Gasteiger partial charge in [0.15, 0.2) is 0 Å². The van der Waals surface area contributed by atoms with Gasteiger partial charge < -0.3 is 10.2 Å². The molecule has 220 valence electrons. The highest BCUT2D eigenvalue weighted by atomic mass is 35.5. The van der Waals surface area contributed by atoms with Crippen molar-refractivity contribution in [1.29, 1.82) is 0 Å². The van der Waals surface area contributed by atoms with Crippen LogP contribution in [0.1, 0.15) is 31.4 Å². The van der Waals surface area contributed by atoms with Gasteiger partial charge in [0.2, 0.25) is 21.8 Å². The molecule has 0 aliphatic carbocycles. The van der Waals surface area contributed by atoms with E-state index in [0.717, 1.165) is 16.1 Å². The van der Waals surface area contributed by atoms with E-state index in [-0.39, 0.29) is 40.6 Å². The Morgan fingerprint density at radius 3 is 2.15 bits per heavy atom. The third kappa shape index (κ3) is 9.25. The lowest BCUT2D eigenvalue weighted by Gasteiger charge is -2.34. The van der Waals surface area contributed by atoms with Crippen LogP contribution >= 0.6 is 46.4 Å². The predicted molar refractivity (Wildman–Crippen MR) is 167 cm³/mol. The Kier molecular flexibility index (Phi) is 11.8. The van der Waals surface area contributed by atoms with Gasteiger partial charge in [-0.15, -0.1) is 0 Å². The summed E-state index contributed by atoms with van der Waals surface area (Å²) in [7, 11) is -4.00. The van der Waals surface area contributed by atoms with Gasteiger partial charge in [-0.2, -0.15) is 0 Å². The van der Waals surface area contributed by atoms with Crippen LogP contribution in [0.3, 0.4) is 0 Å². The second-order valence-electron chi connectivity index (χ2n) is 9.65. The molecular weight excluding hydrogens is 628 g/mol. The van der Waals surface area contributed by atoms with E-state index in [9.17, 15) is 18.0 Å². The zero-order valence-corrected chi connectivity index (χ0v) is 26.6. The van der Waals surface area contributed by atoms with E-state index in [4.69, 9.17) is 46.4 Å². The zero-order valence-electron chi connectivity index (χ0n) is 22.8. The first-order valence-electron chi connectivity index (χ1n) is 12.8. The van der Waals surface area contributed by atoms with E-state index in [1.54, 1.807) is 18.2 Å². The normalized spacial score (nSPS) is 12.9. The predicted octanol–water partition coefficient (Wildman–Crippen LogP) is 6.62. The van der Waals surface area contributed by atoms with Crippen LogP contribution in [0.5, 0.6) is 0 Å². The van der Waals surface area contributed by atoms with Crippen LogP contribution in [0.25, 0.3) is 0 Å². The third-order valence-electron chi connectivity index (χ3n) is 6.48. The van der Waals surface area contributed by atoms with Gasteiger partial charge in [-0.3, -0.25) is 13.9 Å². The van der Waals surface area contributed by atoms with E-state index >= 15 is 0 Å². The molecule has 0 fully saturated rings. The molecule has 0 aliphatic rings. The molecule has 2 unspecified atom stereocenters. The maximum Gasteiger partial charge on any atom is 0.244 e. The summed E-state index contributed by atoms with van der Waals surface area (Å²) in [5.74, 6) is -1.02. The molecule has 1 N–H and O–H groups in total. The summed E-state index contributed by atoms with van der Waals surface area (Å²) in [6, 6.07) is 17.3. The number of benzene rings is 3. The summed E-state index contributed by atoms with van der Waals surface area (Å²) < 4.78 is 26.7. The van der Waals surface area contributed by atoms with E-state index in [1.165, 1.54) is 23.1 Å². The molecule has 2 amide bonds. The molecule has 41 heavy (non-hydrogen) atoms. The van der Waals surface area contributed by atoms with Crippen molar-refractivity contribution in [3.05, 3.63) is 97.9 Å². The van der Waals surface area contributed by atoms with Crippen molar-refractivity contribution in [2.75, 3.05) is 17.1 Å². The van der Waals surface area contributed by atoms with Crippen molar-refractivity contribution < 1.29 is 18.0 Å². The molecule has 0 saturated heterocycles. The minimum absolute atomic E-state index is 0.0446. The minimum Gasteiger partial charge on any atom is -0.352 e. The fourth-order valence-electron chi connectivity index (χ4n) is 4.10. The summed E-state index contributed by atoms with van der Waals surface area (Å²) in [5, 5.41) is 4.01. The number of nitrogens with zero attached hydrogens (tertiary/aromatic N) is 2. The Bertz CT molecular complexity index is 1490. The first-order valence-corrected chi connectivity index (χ1v) is 16.2. The first kappa shape index (κ1) is 33.0. The van der Waals surface area contributed by atoms with Gasteiger partial charge in [0.05, 0.1) is 17.0 Å². The molecule has 0 radical (unpaired) electrons. The summed E-state index contributed by atoms with van der Waals surface area (Å²) in [6.07, 6.45) is 1.82. The van der Waals surface area contributed by atoms with Crippen LogP contribution in [-0.2, 0) is 32.6 Å². The number of amides is 2. The number of sulfonamides is 1. The SMILES string of the molecule is CCC(C)NC(=O)C(Cc1ccccc1)N(Cc1ccc(Cl)cc1Cl)C(=O)CN(c1cc(Cl)ccc1Cl)S(C)(=O)=O. The van der Waals surface area contributed by atoms with Crippen LogP contribution in [-0.4, -0.2) is 50.0 Å². The van der Waals surface area contributed by atoms with Crippen LogP contribution in [0.4, 0.5) is 5.69 Å². The highest BCUT2D eigenvalue weighted by Crippen LogP contribution is 2.31. The zero-order chi connectivity index (χ0) is 30.3. The van der Waals surface area contributed by atoms with Crippen molar-refractivity contribution in [1.82, 2.24) is 10.2 Å². The van der Waals surface area contributed by atoms with Gasteiger partial charge in [-0.1, -0.05) is 89.7 Å². The topological polar surface area (TPSA) is 86.8 Å². The largest absolute Gasteiger partial charge is 0.352 e. The number of hydrogen-bond acceptors (Lipinski definition) is 4. The number of halogens is 4. The van der Waals surface area contributed by atoms with E-state index in [0.29, 0.717) is 22.0 Å². The molecule has 0 bridgehead atoms. The molecule has 7 nitrogen and oxygen atoms in total. The summed E-state index contributed by atoms with van der Waals surface area (Å²) in [4.78, 5) is 29.2. The lowest BCUT2D eigenvalue weighted by atomic mass is 10.0. The Morgan fingerprint density at radius 2 is 1.54 bits per heavy atom. The van der Waals surface area contributed by atoms with Gasteiger partial charge in [0.1, 0.15) is 12.6 Å². The Hall–Kier alpha value is -2.49. The first-order chi connectivity index (χ1) is 19.3. The minimum atomic E-state index is -4.00. The fraction of sp³-hybridized carbons (Fsp3) is 0.310. The van der Waals surface area contributed by atoms with Crippen LogP contribution in [0.15, 0.2) is 66.7 Å². The molecule has 3 aromatic rings. The molecule has 0 aliphatic heterocycles. The van der Waals surface area contributed by atoms with Crippen LogP contribution in [0.2, 0.25) is 20.1 Å². The Balaban J connectivity index is 2.12. The molecule has 12 heteroatoms. The van der Waals surface area contributed by atoms with Crippen LogP contribution < -0.4 is 9.62 Å². The van der Waals surface area contributed by atoms with Gasteiger partial charge in [-0.25, -0.2) is 8.42 Å². The van der Waals surface area contributed by atoms with Gasteiger partial charge in [0.25, 0.3) is 0 Å². The highest BCUT2D eigenvalue weighted by Gasteiger charge is 2.34. The van der Waals surface area contributed by atoms with Crippen molar-refractivity contribution in [2.24, 2.45) is 0 Å². The Labute approximate surface area is 261 Å². The summed E-state index contributed by atoms with van der Waals surface area (Å²) in [5.41, 5.74) is 1.39. The van der Waals surface area contributed by atoms with Crippen molar-refractivity contribution in [3.8, 4) is 0 Å². The monoisotopic (exact) mass is 657 g/mol. The third-order valence-corrected chi connectivity index (χ3v) is 8.75. The second-order valence-corrected chi connectivity index (χ2v) is 13.2. The number of hydrogen-bond donors (Lipinski definition) is 1. The van der Waals surface area contributed by atoms with Gasteiger partial charge in [-0.05, 0) is 54.8 Å². The molecule has 0 spiro atoms. The highest BCUT2D eigenvalue weighted by molar-refractivity contribution is 7.92. The van der Waals surface area contributed by atoms with Crippen molar-refractivity contribution >= 4 is 73.9 Å². The molecule has 3 aromatic carbocycles. The number of carbonyl (C=O) groups is 2. The van der Waals surface area contributed by atoms with E-state index < -0.39 is 28.5 Å². The van der Waals surface area contributed by atoms with Crippen molar-refractivity contribution in [2.45, 2.75) is 45.3 Å². The van der Waals surface area contributed by atoms with Crippen molar-refractivity contribution in [3.63, 3.8) is 0 Å². The van der Waals surface area contributed by atoms with E-state index in [2.05, 4.69) is 5.32 Å². The maximum absolute atomic E-state index is 14.1. The lowest BCUT2D eigenvalue weighted by Crippen LogP contribution is -2.54. The average molecular weight is 659 g/mol. The smallest absolute Gasteiger partial charge is 0.244 e. The molecular formula is C29H31Cl4N3O4S. The average Bonchev–Trinajstić information content (AvgIpc) is 2.91. The second kappa shape index (κ2) is 14.6. The molecule has 0 saturated carbocycles. The number of rotatable bonds is 12. The molecule has 3 rings (SSSR count). The number of carbonyl (C=O) groups excluding carboxylic acids is 2. The quantitative estimate of drug-likeness (QED) is 0.237. The maximum atomic E-state index is 14.1. The Morgan fingerprint density at radius 1 is 0.902 bits per heavy atom. The lowest BCUT2D eigenvalue weighted by molar-refractivity contribution is -0.140. The number of anilines is 1. The number of nitrogens with one attached hydrogen (secondary N) is 1. The summed E-state index contributed by atoms with van der Waals surface area (Å²) >= 11 is 25.1. The molecule has 0 aromatic heterocycles. The van der Waals surface area contributed by atoms with E-state index in [1.807, 2.05) is 44.2 Å². The van der Waals surface area contributed by atoms with Gasteiger partial charge >= 0.3 is 0 Å². The molecule has 2 atom stereocenters. The fourth-order valence-corrected chi connectivity index (χ4v) is 5.86. The standard InChI is InChI=1S/C29H31Cl4N3O4S/c1-4-19(2)34-29(38)27(14-20-8-6-5-7-9-20)35(17-21-10-11-22(30)15-25(21)33)28(37)18-36(41(3,39)40)26-16-23(31)12-13-24(26)32/h5-13,15-16,19,27H,4,14,17-18H2,1-3H3,(H,34,38). The molecule has 0 heterocycles.